The maximum Gasteiger partial charge on any atom is 0.260 e. The van der Waals surface area contributed by atoms with Gasteiger partial charge in [0.05, 0.1) is 17.1 Å². The molecule has 2 aromatic rings. The second-order valence-corrected chi connectivity index (χ2v) is 5.14. The first-order valence-corrected chi connectivity index (χ1v) is 7.31. The van der Waals surface area contributed by atoms with Gasteiger partial charge in [-0.15, -0.1) is 0 Å². The van der Waals surface area contributed by atoms with Crippen molar-refractivity contribution in [1.29, 1.82) is 0 Å². The van der Waals surface area contributed by atoms with Crippen molar-refractivity contribution >= 4 is 16.9 Å². The Labute approximate surface area is 123 Å². The first-order chi connectivity index (χ1) is 10.2. The predicted molar refractivity (Wildman–Crippen MR) is 80.9 cm³/mol. The van der Waals surface area contributed by atoms with Crippen LogP contribution in [-0.4, -0.2) is 26.7 Å². The van der Waals surface area contributed by atoms with E-state index in [-0.39, 0.29) is 0 Å². The van der Waals surface area contributed by atoms with Crippen molar-refractivity contribution in [2.45, 2.75) is 45.2 Å². The van der Waals surface area contributed by atoms with E-state index in [0.717, 1.165) is 36.2 Å². The van der Waals surface area contributed by atoms with E-state index in [2.05, 4.69) is 22.5 Å². The summed E-state index contributed by atoms with van der Waals surface area (Å²) in [6.07, 6.45) is 3.24. The summed E-state index contributed by atoms with van der Waals surface area (Å²) < 4.78 is 2.20. The molecule has 0 saturated carbocycles. The van der Waals surface area contributed by atoms with E-state index < -0.39 is 11.9 Å². The van der Waals surface area contributed by atoms with E-state index in [1.54, 1.807) is 5.48 Å². The lowest BCUT2D eigenvalue weighted by Gasteiger charge is -2.11. The summed E-state index contributed by atoms with van der Waals surface area (Å²) in [4.78, 5) is 15.9. The van der Waals surface area contributed by atoms with Crippen LogP contribution in [-0.2, 0) is 17.8 Å². The zero-order chi connectivity index (χ0) is 15.2. The Morgan fingerprint density at radius 3 is 2.95 bits per heavy atom. The number of amides is 1. The van der Waals surface area contributed by atoms with Crippen molar-refractivity contribution in [2.75, 3.05) is 0 Å². The van der Waals surface area contributed by atoms with Gasteiger partial charge >= 0.3 is 0 Å². The number of benzene rings is 1. The Morgan fingerprint density at radius 2 is 2.24 bits per heavy atom. The van der Waals surface area contributed by atoms with Crippen LogP contribution in [0, 0.1) is 0 Å². The number of hydrogen-bond acceptors (Lipinski definition) is 4. The van der Waals surface area contributed by atoms with Gasteiger partial charge in [-0.2, -0.15) is 0 Å². The van der Waals surface area contributed by atoms with Gasteiger partial charge in [-0.3, -0.25) is 10.0 Å². The molecule has 0 aliphatic heterocycles. The minimum Gasteiger partial charge on any atom is -0.328 e. The van der Waals surface area contributed by atoms with Gasteiger partial charge in [0.25, 0.3) is 5.91 Å². The molecule has 1 unspecified atom stereocenters. The smallest absolute Gasteiger partial charge is 0.260 e. The van der Waals surface area contributed by atoms with E-state index in [0.29, 0.717) is 12.8 Å². The number of imidazole rings is 1. The summed E-state index contributed by atoms with van der Waals surface area (Å²) in [6, 6.07) is 7.29. The number of carbonyl (C=O) groups excluding carboxylic acids is 1. The number of aromatic nitrogens is 2. The molecule has 1 atom stereocenters. The van der Waals surface area contributed by atoms with Crippen LogP contribution >= 0.6 is 0 Å². The van der Waals surface area contributed by atoms with Crippen LogP contribution < -0.4 is 11.2 Å². The van der Waals surface area contributed by atoms with Gasteiger partial charge in [0.1, 0.15) is 5.82 Å². The van der Waals surface area contributed by atoms with Gasteiger partial charge in [0.15, 0.2) is 0 Å². The van der Waals surface area contributed by atoms with Crippen molar-refractivity contribution in [3.8, 4) is 0 Å². The third-order valence-electron chi connectivity index (χ3n) is 3.59. The van der Waals surface area contributed by atoms with E-state index in [1.807, 2.05) is 18.2 Å². The van der Waals surface area contributed by atoms with Gasteiger partial charge < -0.3 is 10.3 Å². The molecule has 6 heteroatoms. The van der Waals surface area contributed by atoms with Gasteiger partial charge in [0, 0.05) is 13.0 Å². The number of aryl methyl sites for hydroxylation is 2. The zero-order valence-corrected chi connectivity index (χ0v) is 12.2. The number of hydrogen-bond donors (Lipinski definition) is 3. The SMILES string of the molecule is CCCCn1c(CCC(N)C(=O)NO)nc2ccccc21. The number of fused-ring (bicyclic) bond motifs is 1. The molecule has 0 fully saturated rings. The molecular formula is C15H22N4O2. The summed E-state index contributed by atoms with van der Waals surface area (Å²) >= 11 is 0. The number of carbonyl (C=O) groups is 1. The van der Waals surface area contributed by atoms with Crippen molar-refractivity contribution in [2.24, 2.45) is 5.73 Å². The van der Waals surface area contributed by atoms with E-state index in [4.69, 9.17) is 10.9 Å². The second-order valence-electron chi connectivity index (χ2n) is 5.14. The molecule has 0 aliphatic carbocycles. The van der Waals surface area contributed by atoms with Crippen LogP contribution in [0.4, 0.5) is 0 Å². The molecule has 1 heterocycles. The first kappa shape index (κ1) is 15.5. The Hall–Kier alpha value is -1.92. The Morgan fingerprint density at radius 1 is 1.48 bits per heavy atom. The molecule has 0 spiro atoms. The fourth-order valence-electron chi connectivity index (χ4n) is 2.38. The highest BCUT2D eigenvalue weighted by Crippen LogP contribution is 2.18. The molecule has 0 bridgehead atoms. The minimum atomic E-state index is -0.727. The molecule has 4 N–H and O–H groups in total. The van der Waals surface area contributed by atoms with Crippen molar-refractivity contribution in [3.63, 3.8) is 0 Å². The van der Waals surface area contributed by atoms with Crippen LogP contribution in [0.25, 0.3) is 11.0 Å². The number of para-hydroxylation sites is 2. The van der Waals surface area contributed by atoms with Gasteiger partial charge in [-0.05, 0) is 25.0 Å². The molecule has 0 saturated heterocycles. The zero-order valence-electron chi connectivity index (χ0n) is 12.2. The number of nitrogens with zero attached hydrogens (tertiary/aromatic N) is 2. The largest absolute Gasteiger partial charge is 0.328 e. The Balaban J connectivity index is 2.19. The average molecular weight is 290 g/mol. The van der Waals surface area contributed by atoms with Crippen LogP contribution in [0.2, 0.25) is 0 Å². The van der Waals surface area contributed by atoms with E-state index in [1.165, 1.54) is 0 Å². The molecule has 114 valence electrons. The topological polar surface area (TPSA) is 93.2 Å². The normalized spacial score (nSPS) is 12.5. The lowest BCUT2D eigenvalue weighted by atomic mass is 10.1. The van der Waals surface area contributed by atoms with E-state index >= 15 is 0 Å². The van der Waals surface area contributed by atoms with Crippen LogP contribution in [0.3, 0.4) is 0 Å². The summed E-state index contributed by atoms with van der Waals surface area (Å²) in [7, 11) is 0. The summed E-state index contributed by atoms with van der Waals surface area (Å²) in [5, 5.41) is 8.59. The maximum atomic E-state index is 11.2. The standard InChI is InChI=1S/C15H22N4O2/c1-2-3-10-19-13-7-5-4-6-12(13)17-14(19)9-8-11(16)15(20)18-21/h4-7,11,21H,2-3,8-10,16H2,1H3,(H,18,20). The summed E-state index contributed by atoms with van der Waals surface area (Å²) in [5.41, 5.74) is 9.37. The minimum absolute atomic E-state index is 0.446. The number of rotatable bonds is 7. The monoisotopic (exact) mass is 290 g/mol. The predicted octanol–water partition coefficient (Wildman–Crippen LogP) is 1.60. The molecule has 0 radical (unpaired) electrons. The molecular weight excluding hydrogens is 268 g/mol. The summed E-state index contributed by atoms with van der Waals surface area (Å²) in [5.74, 6) is 0.372. The molecule has 2 rings (SSSR count). The Kier molecular flexibility index (Phi) is 5.30. The lowest BCUT2D eigenvalue weighted by Crippen LogP contribution is -2.39. The quantitative estimate of drug-likeness (QED) is 0.533. The first-order valence-electron chi connectivity index (χ1n) is 7.31. The van der Waals surface area contributed by atoms with Crippen LogP contribution in [0.5, 0.6) is 0 Å². The number of unbranched alkanes of at least 4 members (excludes halogenated alkanes) is 1. The average Bonchev–Trinajstić information content (AvgIpc) is 2.87. The highest BCUT2D eigenvalue weighted by Gasteiger charge is 2.15. The third kappa shape index (κ3) is 3.59. The number of hydroxylamine groups is 1. The number of nitrogens with two attached hydrogens (primary N) is 1. The molecule has 1 aromatic carbocycles. The molecule has 1 aromatic heterocycles. The van der Waals surface area contributed by atoms with Gasteiger partial charge in [-0.25, -0.2) is 10.5 Å². The highest BCUT2D eigenvalue weighted by atomic mass is 16.5. The van der Waals surface area contributed by atoms with Crippen LogP contribution in [0.15, 0.2) is 24.3 Å². The van der Waals surface area contributed by atoms with E-state index in [9.17, 15) is 4.79 Å². The Bertz CT molecular complexity index is 609. The van der Waals surface area contributed by atoms with Gasteiger partial charge in [-0.1, -0.05) is 25.5 Å². The second kappa shape index (κ2) is 7.19. The van der Waals surface area contributed by atoms with Gasteiger partial charge in [0.2, 0.25) is 0 Å². The highest BCUT2D eigenvalue weighted by molar-refractivity contribution is 5.80. The van der Waals surface area contributed by atoms with Crippen molar-refractivity contribution in [1.82, 2.24) is 15.0 Å². The van der Waals surface area contributed by atoms with Crippen molar-refractivity contribution in [3.05, 3.63) is 30.1 Å². The van der Waals surface area contributed by atoms with Crippen LogP contribution in [0.1, 0.15) is 32.0 Å². The molecule has 6 nitrogen and oxygen atoms in total. The fourth-order valence-corrected chi connectivity index (χ4v) is 2.38. The molecule has 1 amide bonds. The maximum absolute atomic E-state index is 11.2. The molecule has 0 aliphatic rings. The number of nitrogens with one attached hydrogen (secondary N) is 1. The third-order valence-corrected chi connectivity index (χ3v) is 3.59. The lowest BCUT2D eigenvalue weighted by molar-refractivity contribution is -0.130. The van der Waals surface area contributed by atoms with Crippen molar-refractivity contribution < 1.29 is 10.0 Å². The summed E-state index contributed by atoms with van der Waals surface area (Å²) in [6.45, 7) is 3.06. The fraction of sp³-hybridized carbons (Fsp3) is 0.467. The molecule has 21 heavy (non-hydrogen) atoms.